The number of carbonyl (C=O) groups excluding carboxylic acids is 1. The number of oxazole rings is 1. The number of amides is 2. The summed E-state index contributed by atoms with van der Waals surface area (Å²) in [5, 5.41) is 5.50. The molecule has 3 aromatic rings. The van der Waals surface area contributed by atoms with Gasteiger partial charge in [0.2, 0.25) is 0 Å². The second-order valence-corrected chi connectivity index (χ2v) is 6.30. The maximum absolute atomic E-state index is 12.3. The zero-order chi connectivity index (χ0) is 18.8. The molecule has 0 aliphatic heterocycles. The molecule has 1 heterocycles. The average molecular weight is 355 g/mol. The minimum Gasteiger partial charge on any atom is -0.495 e. The van der Waals surface area contributed by atoms with Crippen LogP contribution in [0.4, 0.5) is 16.2 Å². The highest BCUT2D eigenvalue weighted by Crippen LogP contribution is 2.26. The fourth-order valence-electron chi connectivity index (χ4n) is 2.81. The lowest BCUT2D eigenvalue weighted by Crippen LogP contribution is -2.19. The highest BCUT2D eigenvalue weighted by molar-refractivity contribution is 6.01. The highest BCUT2D eigenvalue weighted by atomic mass is 16.5. The minimum atomic E-state index is -0.418. The van der Waals surface area contributed by atoms with Crippen molar-refractivity contribution in [2.24, 2.45) is 0 Å². The van der Waals surface area contributed by atoms with Gasteiger partial charge in [0.1, 0.15) is 5.75 Å². The number of fused-ring (bicyclic) bond motifs is 1. The molecule has 0 atom stereocenters. The SMILES string of the molecule is COc1ccc(C)cc1NC(=O)Nc1ccc2c(c1)oc(=O)n2C(C)C. The zero-order valence-corrected chi connectivity index (χ0v) is 15.1. The third-order valence-electron chi connectivity index (χ3n) is 3.99. The number of benzene rings is 2. The van der Waals surface area contributed by atoms with Gasteiger partial charge in [0.25, 0.3) is 0 Å². The average Bonchev–Trinajstić information content (AvgIpc) is 2.90. The first-order valence-electron chi connectivity index (χ1n) is 8.27. The van der Waals surface area contributed by atoms with Crippen molar-refractivity contribution in [3.05, 3.63) is 52.5 Å². The van der Waals surface area contributed by atoms with Crippen LogP contribution in [-0.4, -0.2) is 17.7 Å². The van der Waals surface area contributed by atoms with E-state index in [2.05, 4.69) is 10.6 Å². The summed E-state index contributed by atoms with van der Waals surface area (Å²) in [6, 6.07) is 10.2. The largest absolute Gasteiger partial charge is 0.495 e. The Morgan fingerprint density at radius 1 is 1.15 bits per heavy atom. The minimum absolute atomic E-state index is 0.0142. The topological polar surface area (TPSA) is 85.5 Å². The molecule has 0 fully saturated rings. The number of carbonyl (C=O) groups is 1. The number of ether oxygens (including phenoxy) is 1. The Balaban J connectivity index is 1.82. The monoisotopic (exact) mass is 355 g/mol. The van der Waals surface area contributed by atoms with Crippen molar-refractivity contribution in [1.29, 1.82) is 0 Å². The van der Waals surface area contributed by atoms with Crippen LogP contribution in [0.2, 0.25) is 0 Å². The molecule has 2 aromatic carbocycles. The normalized spacial score (nSPS) is 11.0. The lowest BCUT2D eigenvalue weighted by Gasteiger charge is -2.12. The van der Waals surface area contributed by atoms with Crippen molar-refractivity contribution in [3.8, 4) is 5.75 Å². The summed E-state index contributed by atoms with van der Waals surface area (Å²) in [6.07, 6.45) is 0. The molecule has 0 saturated heterocycles. The predicted octanol–water partition coefficient (Wildman–Crippen LogP) is 4.14. The van der Waals surface area contributed by atoms with Crippen molar-refractivity contribution < 1.29 is 13.9 Å². The Morgan fingerprint density at radius 3 is 2.62 bits per heavy atom. The van der Waals surface area contributed by atoms with Crippen LogP contribution >= 0.6 is 0 Å². The van der Waals surface area contributed by atoms with Gasteiger partial charge in [-0.05, 0) is 50.6 Å². The molecule has 2 N–H and O–H groups in total. The summed E-state index contributed by atoms with van der Waals surface area (Å²) < 4.78 is 12.1. The fraction of sp³-hybridized carbons (Fsp3) is 0.263. The molecule has 2 amide bonds. The van der Waals surface area contributed by atoms with Gasteiger partial charge in [-0.25, -0.2) is 9.59 Å². The van der Waals surface area contributed by atoms with E-state index < -0.39 is 11.8 Å². The van der Waals surface area contributed by atoms with Crippen LogP contribution in [0, 0.1) is 6.92 Å². The number of hydrogen-bond acceptors (Lipinski definition) is 4. The van der Waals surface area contributed by atoms with Crippen molar-refractivity contribution in [3.63, 3.8) is 0 Å². The second kappa shape index (κ2) is 6.95. The van der Waals surface area contributed by atoms with Gasteiger partial charge in [-0.1, -0.05) is 6.07 Å². The van der Waals surface area contributed by atoms with Crippen LogP contribution < -0.4 is 21.1 Å². The van der Waals surface area contributed by atoms with Crippen LogP contribution in [0.5, 0.6) is 5.75 Å². The summed E-state index contributed by atoms with van der Waals surface area (Å²) in [7, 11) is 1.54. The molecule has 136 valence electrons. The first kappa shape index (κ1) is 17.6. The molecule has 0 saturated carbocycles. The third kappa shape index (κ3) is 3.42. The van der Waals surface area contributed by atoms with E-state index in [0.717, 1.165) is 5.56 Å². The van der Waals surface area contributed by atoms with Crippen LogP contribution in [0.15, 0.2) is 45.6 Å². The molecule has 0 unspecified atom stereocenters. The molecular formula is C19H21N3O4. The molecule has 3 rings (SSSR count). The van der Waals surface area contributed by atoms with Gasteiger partial charge in [0.15, 0.2) is 5.58 Å². The Bertz CT molecular complexity index is 1020. The van der Waals surface area contributed by atoms with Crippen LogP contribution in [0.1, 0.15) is 25.5 Å². The van der Waals surface area contributed by atoms with E-state index in [1.165, 1.54) is 0 Å². The number of nitrogens with zero attached hydrogens (tertiary/aromatic N) is 1. The fourth-order valence-corrected chi connectivity index (χ4v) is 2.81. The lowest BCUT2D eigenvalue weighted by molar-refractivity contribution is 0.262. The van der Waals surface area contributed by atoms with Crippen molar-refractivity contribution in [1.82, 2.24) is 4.57 Å². The number of nitrogens with one attached hydrogen (secondary N) is 2. The summed E-state index contributed by atoms with van der Waals surface area (Å²) in [4.78, 5) is 24.2. The van der Waals surface area contributed by atoms with E-state index in [0.29, 0.717) is 28.2 Å². The molecule has 0 aliphatic rings. The molecule has 0 aliphatic carbocycles. The van der Waals surface area contributed by atoms with E-state index in [4.69, 9.17) is 9.15 Å². The Labute approximate surface area is 150 Å². The van der Waals surface area contributed by atoms with Crippen LogP contribution in [-0.2, 0) is 0 Å². The Morgan fingerprint density at radius 2 is 1.92 bits per heavy atom. The molecule has 1 aromatic heterocycles. The van der Waals surface area contributed by atoms with E-state index in [9.17, 15) is 9.59 Å². The number of aryl methyl sites for hydroxylation is 1. The van der Waals surface area contributed by atoms with Gasteiger partial charge in [0, 0.05) is 17.8 Å². The van der Waals surface area contributed by atoms with Crippen LogP contribution in [0.3, 0.4) is 0 Å². The molecule has 0 radical (unpaired) electrons. The second-order valence-electron chi connectivity index (χ2n) is 6.30. The first-order chi connectivity index (χ1) is 12.4. The molecular weight excluding hydrogens is 334 g/mol. The predicted molar refractivity (Wildman–Crippen MR) is 101 cm³/mol. The smallest absolute Gasteiger partial charge is 0.420 e. The van der Waals surface area contributed by atoms with Gasteiger partial charge in [0.05, 0.1) is 18.3 Å². The Hall–Kier alpha value is -3.22. The highest BCUT2D eigenvalue weighted by Gasteiger charge is 2.13. The maximum atomic E-state index is 12.3. The lowest BCUT2D eigenvalue weighted by atomic mass is 10.2. The quantitative estimate of drug-likeness (QED) is 0.737. The Kier molecular flexibility index (Phi) is 4.71. The third-order valence-corrected chi connectivity index (χ3v) is 3.99. The number of urea groups is 1. The van der Waals surface area contributed by atoms with E-state index >= 15 is 0 Å². The summed E-state index contributed by atoms with van der Waals surface area (Å²) >= 11 is 0. The van der Waals surface area contributed by atoms with E-state index in [1.807, 2.05) is 32.9 Å². The van der Waals surface area contributed by atoms with Gasteiger partial charge in [-0.3, -0.25) is 4.57 Å². The molecule has 0 bridgehead atoms. The molecule has 7 heteroatoms. The number of anilines is 2. The molecule has 26 heavy (non-hydrogen) atoms. The maximum Gasteiger partial charge on any atom is 0.420 e. The number of aromatic nitrogens is 1. The van der Waals surface area contributed by atoms with Crippen molar-refractivity contribution >= 4 is 28.5 Å². The van der Waals surface area contributed by atoms with Gasteiger partial charge in [-0.15, -0.1) is 0 Å². The van der Waals surface area contributed by atoms with E-state index in [-0.39, 0.29) is 6.04 Å². The zero-order valence-electron chi connectivity index (χ0n) is 15.1. The summed E-state index contributed by atoms with van der Waals surface area (Å²) in [5.41, 5.74) is 3.21. The van der Waals surface area contributed by atoms with Gasteiger partial charge < -0.3 is 19.8 Å². The van der Waals surface area contributed by atoms with E-state index in [1.54, 1.807) is 35.9 Å². The van der Waals surface area contributed by atoms with Crippen molar-refractivity contribution in [2.75, 3.05) is 17.7 Å². The molecule has 0 spiro atoms. The van der Waals surface area contributed by atoms with Gasteiger partial charge in [-0.2, -0.15) is 0 Å². The van der Waals surface area contributed by atoms with Crippen LogP contribution in [0.25, 0.3) is 11.1 Å². The summed E-state index contributed by atoms with van der Waals surface area (Å²) in [6.45, 7) is 5.74. The number of rotatable bonds is 4. The first-order valence-corrected chi connectivity index (χ1v) is 8.27. The standard InChI is InChI=1S/C19H21N3O4/c1-11(2)22-15-7-6-13(10-17(15)26-19(22)24)20-18(23)21-14-9-12(3)5-8-16(14)25-4/h5-11H,1-4H3,(H2,20,21,23). The number of hydrogen-bond donors (Lipinski definition) is 2. The van der Waals surface area contributed by atoms with Crippen molar-refractivity contribution in [2.45, 2.75) is 26.8 Å². The summed E-state index contributed by atoms with van der Waals surface area (Å²) in [5.74, 6) is 0.155. The van der Waals surface area contributed by atoms with Gasteiger partial charge >= 0.3 is 11.8 Å². The molecule has 7 nitrogen and oxygen atoms in total. The number of methoxy groups -OCH3 is 1.